The minimum absolute atomic E-state index is 0.0408. The molecule has 0 fully saturated rings. The number of hydrogen-bond acceptors (Lipinski definition) is 3. The highest BCUT2D eigenvalue weighted by atomic mass is 35.5. The van der Waals surface area contributed by atoms with Crippen LogP contribution in [0, 0.1) is 0 Å². The molecule has 0 N–H and O–H groups in total. The monoisotopic (exact) mass is 263 g/mol. The van der Waals surface area contributed by atoms with Crippen LogP contribution in [-0.4, -0.2) is 20.5 Å². The van der Waals surface area contributed by atoms with Crippen LogP contribution < -0.4 is 0 Å². The second-order valence-electron chi connectivity index (χ2n) is 4.05. The maximum atomic E-state index is 12.4. The van der Waals surface area contributed by atoms with Crippen LogP contribution >= 0.6 is 11.6 Å². The largest absolute Gasteiger partial charge is 0.292 e. The van der Waals surface area contributed by atoms with E-state index in [1.54, 1.807) is 35.3 Å². The molecule has 1 unspecified atom stereocenters. The van der Waals surface area contributed by atoms with Gasteiger partial charge in [0.2, 0.25) is 0 Å². The molecular weight excluding hydrogens is 250 g/mol. The first kappa shape index (κ1) is 12.8. The van der Waals surface area contributed by atoms with Gasteiger partial charge in [-0.05, 0) is 30.7 Å². The molecule has 2 aromatic rings. The Hall–Kier alpha value is -1.68. The van der Waals surface area contributed by atoms with Crippen molar-refractivity contribution < 1.29 is 4.79 Å². The summed E-state index contributed by atoms with van der Waals surface area (Å²) in [6.07, 6.45) is 4.67. The van der Waals surface area contributed by atoms with Crippen molar-refractivity contribution in [3.05, 3.63) is 47.5 Å². The van der Waals surface area contributed by atoms with Crippen molar-refractivity contribution in [2.75, 3.05) is 0 Å². The van der Waals surface area contributed by atoms with Gasteiger partial charge in [-0.15, -0.1) is 0 Å². The van der Waals surface area contributed by atoms with Crippen molar-refractivity contribution in [3.8, 4) is 0 Å². The summed E-state index contributed by atoms with van der Waals surface area (Å²) < 4.78 is 1.61. The zero-order valence-electron chi connectivity index (χ0n) is 10.1. The fourth-order valence-electron chi connectivity index (χ4n) is 1.84. The number of halogens is 1. The highest BCUT2D eigenvalue weighted by Gasteiger charge is 2.21. The molecule has 1 heterocycles. The van der Waals surface area contributed by atoms with Gasteiger partial charge < -0.3 is 0 Å². The molecule has 0 aliphatic heterocycles. The number of rotatable bonds is 5. The highest BCUT2D eigenvalue weighted by molar-refractivity contribution is 6.30. The molecule has 18 heavy (non-hydrogen) atoms. The van der Waals surface area contributed by atoms with Gasteiger partial charge in [-0.1, -0.05) is 24.9 Å². The van der Waals surface area contributed by atoms with E-state index >= 15 is 0 Å². The Kier molecular flexibility index (Phi) is 4.10. The van der Waals surface area contributed by atoms with Crippen LogP contribution in [0.25, 0.3) is 0 Å². The molecule has 0 aliphatic rings. The van der Waals surface area contributed by atoms with E-state index in [2.05, 4.69) is 10.1 Å². The van der Waals surface area contributed by atoms with E-state index in [1.807, 2.05) is 6.92 Å². The Morgan fingerprint density at radius 2 is 2.11 bits per heavy atom. The maximum Gasteiger partial charge on any atom is 0.187 e. The van der Waals surface area contributed by atoms with Crippen LogP contribution in [0.2, 0.25) is 5.02 Å². The maximum absolute atomic E-state index is 12.4. The lowest BCUT2D eigenvalue weighted by atomic mass is 10.0. The zero-order valence-corrected chi connectivity index (χ0v) is 10.8. The Bertz CT molecular complexity index is 508. The van der Waals surface area contributed by atoms with E-state index in [1.165, 1.54) is 6.33 Å². The summed E-state index contributed by atoms with van der Waals surface area (Å²) in [5, 5.41) is 4.68. The summed E-state index contributed by atoms with van der Waals surface area (Å²) in [7, 11) is 0. The van der Waals surface area contributed by atoms with E-state index in [9.17, 15) is 4.79 Å². The Morgan fingerprint density at radius 3 is 2.67 bits per heavy atom. The van der Waals surface area contributed by atoms with Crippen molar-refractivity contribution in [1.82, 2.24) is 14.8 Å². The Balaban J connectivity index is 2.26. The molecule has 2 rings (SSSR count). The van der Waals surface area contributed by atoms with E-state index in [0.29, 0.717) is 10.6 Å². The minimum atomic E-state index is -0.293. The lowest BCUT2D eigenvalue weighted by Crippen LogP contribution is -2.20. The predicted molar refractivity (Wildman–Crippen MR) is 69.7 cm³/mol. The molecule has 1 aromatic carbocycles. The quantitative estimate of drug-likeness (QED) is 0.779. The molecule has 0 amide bonds. The Labute approximate surface area is 111 Å². The summed E-state index contributed by atoms with van der Waals surface area (Å²) in [6.45, 7) is 2.04. The number of nitrogens with zero attached hydrogens (tertiary/aromatic N) is 3. The van der Waals surface area contributed by atoms with Crippen molar-refractivity contribution >= 4 is 17.4 Å². The number of carbonyl (C=O) groups is 1. The van der Waals surface area contributed by atoms with Gasteiger partial charge in [-0.25, -0.2) is 9.67 Å². The summed E-state index contributed by atoms with van der Waals surface area (Å²) in [5.41, 5.74) is 0.647. The van der Waals surface area contributed by atoms with Gasteiger partial charge in [-0.3, -0.25) is 4.79 Å². The standard InChI is InChI=1S/C13H14ClN3O/c1-2-3-12(17-9-15-8-16-17)13(18)10-4-6-11(14)7-5-10/h4-9,12H,2-3H2,1H3. The molecule has 5 heteroatoms. The molecule has 94 valence electrons. The van der Waals surface area contributed by atoms with Gasteiger partial charge in [0.1, 0.15) is 18.7 Å². The second-order valence-corrected chi connectivity index (χ2v) is 4.49. The molecule has 0 radical (unpaired) electrons. The number of carbonyl (C=O) groups excluding carboxylic acids is 1. The first-order valence-corrected chi connectivity index (χ1v) is 6.24. The zero-order chi connectivity index (χ0) is 13.0. The minimum Gasteiger partial charge on any atom is -0.292 e. The molecular formula is C13H14ClN3O. The van der Waals surface area contributed by atoms with Crippen LogP contribution in [-0.2, 0) is 0 Å². The summed E-state index contributed by atoms with van der Waals surface area (Å²) in [5.74, 6) is 0.0408. The van der Waals surface area contributed by atoms with Gasteiger partial charge in [0, 0.05) is 10.6 Å². The van der Waals surface area contributed by atoms with Gasteiger partial charge in [0.25, 0.3) is 0 Å². The third-order valence-corrected chi connectivity index (χ3v) is 3.00. The predicted octanol–water partition coefficient (Wildman–Crippen LogP) is 3.16. The SMILES string of the molecule is CCCC(C(=O)c1ccc(Cl)cc1)n1cncn1. The topological polar surface area (TPSA) is 47.8 Å². The average molecular weight is 264 g/mol. The van der Waals surface area contributed by atoms with E-state index in [4.69, 9.17) is 11.6 Å². The Morgan fingerprint density at radius 1 is 1.39 bits per heavy atom. The van der Waals surface area contributed by atoms with Gasteiger partial charge >= 0.3 is 0 Å². The van der Waals surface area contributed by atoms with Gasteiger partial charge in [-0.2, -0.15) is 5.10 Å². The van der Waals surface area contributed by atoms with Crippen LogP contribution in [0.15, 0.2) is 36.9 Å². The van der Waals surface area contributed by atoms with E-state index < -0.39 is 0 Å². The van der Waals surface area contributed by atoms with Crippen LogP contribution in [0.3, 0.4) is 0 Å². The second kappa shape index (κ2) is 5.78. The van der Waals surface area contributed by atoms with E-state index in [0.717, 1.165) is 12.8 Å². The molecule has 1 atom stereocenters. The first-order chi connectivity index (χ1) is 8.72. The van der Waals surface area contributed by atoms with Gasteiger partial charge in [0.05, 0.1) is 0 Å². The summed E-state index contributed by atoms with van der Waals surface area (Å²) in [6, 6.07) is 6.63. The molecule has 0 spiro atoms. The van der Waals surface area contributed by atoms with Crippen molar-refractivity contribution in [2.45, 2.75) is 25.8 Å². The number of Topliss-reactive ketones (excluding diaryl/α,β-unsaturated/α-hetero) is 1. The summed E-state index contributed by atoms with van der Waals surface area (Å²) >= 11 is 5.82. The normalized spacial score (nSPS) is 12.3. The molecule has 0 bridgehead atoms. The van der Waals surface area contributed by atoms with Crippen molar-refractivity contribution in [1.29, 1.82) is 0 Å². The molecule has 0 saturated heterocycles. The van der Waals surface area contributed by atoms with E-state index in [-0.39, 0.29) is 11.8 Å². The smallest absolute Gasteiger partial charge is 0.187 e. The van der Waals surface area contributed by atoms with Crippen LogP contribution in [0.1, 0.15) is 36.2 Å². The number of benzene rings is 1. The first-order valence-electron chi connectivity index (χ1n) is 5.86. The fraction of sp³-hybridized carbons (Fsp3) is 0.308. The lowest BCUT2D eigenvalue weighted by molar-refractivity contribution is 0.0910. The number of aromatic nitrogens is 3. The number of hydrogen-bond donors (Lipinski definition) is 0. The highest BCUT2D eigenvalue weighted by Crippen LogP contribution is 2.20. The lowest BCUT2D eigenvalue weighted by Gasteiger charge is -2.15. The third kappa shape index (κ3) is 2.76. The summed E-state index contributed by atoms with van der Waals surface area (Å²) in [4.78, 5) is 16.3. The van der Waals surface area contributed by atoms with Gasteiger partial charge in [0.15, 0.2) is 5.78 Å². The molecule has 0 saturated carbocycles. The fourth-order valence-corrected chi connectivity index (χ4v) is 1.97. The van der Waals surface area contributed by atoms with Crippen LogP contribution in [0.5, 0.6) is 0 Å². The molecule has 1 aromatic heterocycles. The molecule has 4 nitrogen and oxygen atoms in total. The molecule has 0 aliphatic carbocycles. The third-order valence-electron chi connectivity index (χ3n) is 2.75. The number of ketones is 1. The van der Waals surface area contributed by atoms with Crippen LogP contribution in [0.4, 0.5) is 0 Å². The van der Waals surface area contributed by atoms with Crippen molar-refractivity contribution in [2.24, 2.45) is 0 Å². The average Bonchev–Trinajstić information content (AvgIpc) is 2.90. The van der Waals surface area contributed by atoms with Crippen molar-refractivity contribution in [3.63, 3.8) is 0 Å².